The molecule has 240 valence electrons. The summed E-state index contributed by atoms with van der Waals surface area (Å²) in [6, 6.07) is 26.2. The Morgan fingerprint density at radius 1 is 0.891 bits per heavy atom. The zero-order chi connectivity index (χ0) is 32.4. The molecule has 0 saturated carbocycles. The molecule has 2 atom stereocenters. The molecule has 2 unspecified atom stereocenters. The van der Waals surface area contributed by atoms with Crippen molar-refractivity contribution in [1.29, 1.82) is 0 Å². The van der Waals surface area contributed by atoms with Gasteiger partial charge in [-0.25, -0.2) is 9.48 Å². The van der Waals surface area contributed by atoms with Gasteiger partial charge in [-0.15, -0.1) is 0 Å². The van der Waals surface area contributed by atoms with E-state index < -0.39 is 0 Å². The molecular formula is C38H45N5O3. The van der Waals surface area contributed by atoms with Gasteiger partial charge in [-0.3, -0.25) is 10.1 Å². The minimum Gasteiger partial charge on any atom is -0.497 e. The fourth-order valence-electron chi connectivity index (χ4n) is 7.02. The summed E-state index contributed by atoms with van der Waals surface area (Å²) < 4.78 is 7.13. The van der Waals surface area contributed by atoms with E-state index in [1.807, 2.05) is 73.7 Å². The predicted molar refractivity (Wildman–Crippen MR) is 183 cm³/mol. The van der Waals surface area contributed by atoms with E-state index >= 15 is 0 Å². The number of methoxy groups -OCH3 is 1. The number of carbonyl (C=O) groups excluding carboxylic acids is 2. The van der Waals surface area contributed by atoms with Crippen LogP contribution in [0.15, 0.2) is 78.9 Å². The molecule has 6 rings (SSSR count). The van der Waals surface area contributed by atoms with Crippen molar-refractivity contribution in [3.63, 3.8) is 0 Å². The van der Waals surface area contributed by atoms with Gasteiger partial charge in [0.15, 0.2) is 0 Å². The number of rotatable bonds is 8. The number of aromatic nitrogens is 2. The number of ether oxygens (including phenoxy) is 1. The summed E-state index contributed by atoms with van der Waals surface area (Å²) in [5.74, 6) is 2.12. The molecular weight excluding hydrogens is 574 g/mol. The minimum atomic E-state index is -0.313. The van der Waals surface area contributed by atoms with Crippen LogP contribution in [0.4, 0.5) is 16.3 Å². The molecule has 2 N–H and O–H groups in total. The molecule has 1 aromatic heterocycles. The molecule has 2 aliphatic rings. The highest BCUT2D eigenvalue weighted by Crippen LogP contribution is 2.40. The van der Waals surface area contributed by atoms with Crippen LogP contribution < -0.4 is 15.4 Å². The van der Waals surface area contributed by atoms with Gasteiger partial charge in [-0.1, -0.05) is 62.7 Å². The SMILES string of the molecule is COc1cccc(CC(=O)N2C3CCC2CC(Cc2cccc(NC(=O)Nc4cc(C(C)(C)C)nn4-c4ccc(C)cc4)c2)C3)c1. The summed E-state index contributed by atoms with van der Waals surface area (Å²) in [5.41, 5.74) is 5.71. The van der Waals surface area contributed by atoms with Crippen molar-refractivity contribution >= 4 is 23.4 Å². The van der Waals surface area contributed by atoms with Crippen molar-refractivity contribution in [3.8, 4) is 11.4 Å². The van der Waals surface area contributed by atoms with E-state index in [1.165, 1.54) is 5.56 Å². The Hall–Kier alpha value is -4.59. The highest BCUT2D eigenvalue weighted by Gasteiger charge is 2.42. The lowest BCUT2D eigenvalue weighted by molar-refractivity contribution is -0.135. The quantitative estimate of drug-likeness (QED) is 0.212. The fraction of sp³-hybridized carbons (Fsp3) is 0.395. The molecule has 2 aliphatic heterocycles. The van der Waals surface area contributed by atoms with Crippen molar-refractivity contribution in [1.82, 2.24) is 14.7 Å². The summed E-state index contributed by atoms with van der Waals surface area (Å²) in [6.45, 7) is 8.38. The summed E-state index contributed by atoms with van der Waals surface area (Å²) in [7, 11) is 1.65. The largest absolute Gasteiger partial charge is 0.497 e. The topological polar surface area (TPSA) is 88.5 Å². The van der Waals surface area contributed by atoms with E-state index in [2.05, 4.69) is 48.4 Å². The zero-order valence-corrected chi connectivity index (χ0v) is 27.5. The molecule has 0 spiro atoms. The molecule has 4 aromatic rings. The Morgan fingerprint density at radius 3 is 2.28 bits per heavy atom. The maximum atomic E-state index is 13.4. The van der Waals surface area contributed by atoms with Crippen molar-refractivity contribution in [2.45, 2.75) is 83.7 Å². The summed E-state index contributed by atoms with van der Waals surface area (Å²) in [4.78, 5) is 28.8. The lowest BCUT2D eigenvalue weighted by Gasteiger charge is -2.39. The van der Waals surface area contributed by atoms with E-state index in [4.69, 9.17) is 9.84 Å². The first-order chi connectivity index (χ1) is 22.1. The molecule has 3 aromatic carbocycles. The van der Waals surface area contributed by atoms with Crippen LogP contribution in [0.1, 0.15) is 68.8 Å². The van der Waals surface area contributed by atoms with Gasteiger partial charge in [0, 0.05) is 29.3 Å². The fourth-order valence-corrected chi connectivity index (χ4v) is 7.02. The third-order valence-electron chi connectivity index (χ3n) is 9.32. The number of hydrogen-bond donors (Lipinski definition) is 2. The van der Waals surface area contributed by atoms with Gasteiger partial charge >= 0.3 is 6.03 Å². The zero-order valence-electron chi connectivity index (χ0n) is 27.5. The van der Waals surface area contributed by atoms with Crippen molar-refractivity contribution in [2.75, 3.05) is 17.7 Å². The molecule has 2 saturated heterocycles. The minimum absolute atomic E-state index is 0.171. The number of anilines is 2. The summed E-state index contributed by atoms with van der Waals surface area (Å²) in [6.07, 6.45) is 5.51. The third-order valence-corrected chi connectivity index (χ3v) is 9.32. The van der Waals surface area contributed by atoms with Gasteiger partial charge in [-0.2, -0.15) is 5.10 Å². The Kier molecular flexibility index (Phi) is 8.89. The van der Waals surface area contributed by atoms with Gasteiger partial charge in [0.05, 0.1) is 24.9 Å². The van der Waals surface area contributed by atoms with Crippen LogP contribution in [-0.4, -0.2) is 45.8 Å². The molecule has 2 bridgehead atoms. The molecule has 3 amide bonds. The second-order valence-electron chi connectivity index (χ2n) is 13.9. The van der Waals surface area contributed by atoms with Gasteiger partial charge in [0.2, 0.25) is 5.91 Å². The van der Waals surface area contributed by atoms with Gasteiger partial charge in [0.25, 0.3) is 0 Å². The lowest BCUT2D eigenvalue weighted by Crippen LogP contribution is -2.47. The summed E-state index contributed by atoms with van der Waals surface area (Å²) in [5, 5.41) is 10.9. The first-order valence-corrected chi connectivity index (χ1v) is 16.3. The van der Waals surface area contributed by atoms with Crippen molar-refractivity contribution < 1.29 is 14.3 Å². The Balaban J connectivity index is 1.08. The normalized spacial score (nSPS) is 19.2. The van der Waals surface area contributed by atoms with Crippen molar-refractivity contribution in [3.05, 3.63) is 101 Å². The van der Waals surface area contributed by atoms with Gasteiger partial charge in [-0.05, 0) is 92.5 Å². The van der Waals surface area contributed by atoms with E-state index in [1.54, 1.807) is 11.8 Å². The first kappa shape index (κ1) is 31.4. The van der Waals surface area contributed by atoms with Crippen LogP contribution in [-0.2, 0) is 23.1 Å². The first-order valence-electron chi connectivity index (χ1n) is 16.3. The Morgan fingerprint density at radius 2 is 1.59 bits per heavy atom. The average molecular weight is 620 g/mol. The van der Waals surface area contributed by atoms with Crippen LogP contribution in [0, 0.1) is 12.8 Å². The number of fused-ring (bicyclic) bond motifs is 2. The van der Waals surface area contributed by atoms with Crippen LogP contribution in [0.5, 0.6) is 5.75 Å². The number of nitrogens with one attached hydrogen (secondary N) is 2. The number of hydrogen-bond acceptors (Lipinski definition) is 4. The van der Waals surface area contributed by atoms with Gasteiger partial charge < -0.3 is 15.0 Å². The second-order valence-corrected chi connectivity index (χ2v) is 13.9. The maximum Gasteiger partial charge on any atom is 0.324 e. The number of nitrogens with zero attached hydrogens (tertiary/aromatic N) is 3. The lowest BCUT2D eigenvalue weighted by atomic mass is 9.85. The number of amides is 3. The van der Waals surface area contributed by atoms with E-state index in [-0.39, 0.29) is 17.4 Å². The molecule has 2 fully saturated rings. The molecule has 8 heteroatoms. The van der Waals surface area contributed by atoms with Crippen LogP contribution >= 0.6 is 0 Å². The predicted octanol–water partition coefficient (Wildman–Crippen LogP) is 7.69. The third kappa shape index (κ3) is 7.11. The average Bonchev–Trinajstić information content (AvgIpc) is 3.56. The number of benzene rings is 3. The van der Waals surface area contributed by atoms with Crippen molar-refractivity contribution in [2.24, 2.45) is 5.92 Å². The molecule has 0 radical (unpaired) electrons. The highest BCUT2D eigenvalue weighted by molar-refractivity contribution is 5.99. The van der Waals surface area contributed by atoms with Crippen LogP contribution in [0.2, 0.25) is 0 Å². The molecule has 3 heterocycles. The standard InChI is InChI=1S/C38H45N5O3/c1-25-12-14-30(15-13-25)43-35(24-34(41-43)38(2,3)4)40-37(45)39-29-10-6-8-26(19-29)18-28-20-31-16-17-32(21-28)42(31)36(44)23-27-9-7-11-33(22-27)46-5/h6-15,19,22,24,28,31-32H,16-18,20-21,23H2,1-5H3,(H2,39,40,45). The second kappa shape index (κ2) is 13.0. The number of piperidine rings is 1. The van der Waals surface area contributed by atoms with Crippen LogP contribution in [0.25, 0.3) is 5.69 Å². The number of urea groups is 1. The summed E-state index contributed by atoms with van der Waals surface area (Å²) >= 11 is 0. The highest BCUT2D eigenvalue weighted by atomic mass is 16.5. The smallest absolute Gasteiger partial charge is 0.324 e. The molecule has 46 heavy (non-hydrogen) atoms. The van der Waals surface area contributed by atoms with Crippen LogP contribution in [0.3, 0.4) is 0 Å². The monoisotopic (exact) mass is 619 g/mol. The molecule has 0 aliphatic carbocycles. The molecule has 8 nitrogen and oxygen atoms in total. The Labute approximate surface area is 272 Å². The maximum absolute atomic E-state index is 13.4. The van der Waals surface area contributed by atoms with E-state index in [9.17, 15) is 9.59 Å². The van der Waals surface area contributed by atoms with E-state index in [0.29, 0.717) is 30.2 Å². The number of carbonyl (C=O) groups is 2. The number of aryl methyl sites for hydroxylation is 1. The van der Waals surface area contributed by atoms with Gasteiger partial charge in [0.1, 0.15) is 11.6 Å². The van der Waals surface area contributed by atoms with E-state index in [0.717, 1.165) is 66.0 Å². The Bertz CT molecular complexity index is 1690.